The van der Waals surface area contributed by atoms with Crippen molar-refractivity contribution in [3.63, 3.8) is 0 Å². The van der Waals surface area contributed by atoms with Crippen molar-refractivity contribution in [2.24, 2.45) is 0 Å². The highest BCUT2D eigenvalue weighted by Gasteiger charge is 2.22. The first-order valence-corrected chi connectivity index (χ1v) is 6.57. The van der Waals surface area contributed by atoms with E-state index < -0.39 is 5.78 Å². The Balaban J connectivity index is 2.61. The second-order valence-electron chi connectivity index (χ2n) is 5.14. The van der Waals surface area contributed by atoms with Gasteiger partial charge >= 0.3 is 0 Å². The van der Waals surface area contributed by atoms with Crippen molar-refractivity contribution in [3.05, 3.63) is 52.1 Å². The summed E-state index contributed by atoms with van der Waals surface area (Å²) in [6.07, 6.45) is 0. The molecule has 0 unspecified atom stereocenters. The molecule has 0 saturated carbocycles. The molecule has 0 fully saturated rings. The van der Waals surface area contributed by atoms with Gasteiger partial charge < -0.3 is 14.9 Å². The standard InChI is InChI=1S/C17H18O4/c1-9-5-10(2)15(13(18)6-9)17(20)16-11(3)7-12(21-4)8-14(16)19/h5-8,18-19H,1-4H3. The second-order valence-corrected chi connectivity index (χ2v) is 5.14. The third-order valence-electron chi connectivity index (χ3n) is 3.44. The molecule has 21 heavy (non-hydrogen) atoms. The van der Waals surface area contributed by atoms with Crippen LogP contribution in [0.3, 0.4) is 0 Å². The van der Waals surface area contributed by atoms with Gasteiger partial charge in [-0.25, -0.2) is 0 Å². The largest absolute Gasteiger partial charge is 0.507 e. The molecule has 2 aromatic rings. The minimum atomic E-state index is -0.400. The lowest BCUT2D eigenvalue weighted by Gasteiger charge is -2.13. The molecule has 0 aliphatic heterocycles. The minimum absolute atomic E-state index is 0.0767. The molecule has 0 aliphatic carbocycles. The number of phenols is 2. The number of benzene rings is 2. The molecule has 4 nitrogen and oxygen atoms in total. The zero-order valence-electron chi connectivity index (χ0n) is 12.5. The fourth-order valence-electron chi connectivity index (χ4n) is 2.51. The van der Waals surface area contributed by atoms with Crippen LogP contribution >= 0.6 is 0 Å². The van der Waals surface area contributed by atoms with E-state index in [1.807, 2.05) is 13.0 Å². The molecule has 4 heteroatoms. The van der Waals surface area contributed by atoms with Crippen LogP contribution in [-0.2, 0) is 0 Å². The summed E-state index contributed by atoms with van der Waals surface area (Å²) < 4.78 is 5.06. The Labute approximate surface area is 123 Å². The van der Waals surface area contributed by atoms with Gasteiger partial charge in [0.2, 0.25) is 5.78 Å². The average Bonchev–Trinajstić information content (AvgIpc) is 2.36. The third-order valence-corrected chi connectivity index (χ3v) is 3.44. The summed E-state index contributed by atoms with van der Waals surface area (Å²) >= 11 is 0. The van der Waals surface area contributed by atoms with Crippen LogP contribution in [-0.4, -0.2) is 23.1 Å². The van der Waals surface area contributed by atoms with Gasteiger partial charge in [-0.15, -0.1) is 0 Å². The van der Waals surface area contributed by atoms with Crippen LogP contribution in [0, 0.1) is 20.8 Å². The van der Waals surface area contributed by atoms with Crippen LogP contribution < -0.4 is 4.74 Å². The lowest BCUT2D eigenvalue weighted by molar-refractivity contribution is 0.103. The molecule has 0 radical (unpaired) electrons. The Morgan fingerprint density at radius 2 is 1.43 bits per heavy atom. The molecule has 0 spiro atoms. The first-order chi connectivity index (χ1) is 9.85. The van der Waals surface area contributed by atoms with E-state index in [0.717, 1.165) is 5.56 Å². The minimum Gasteiger partial charge on any atom is -0.507 e. The van der Waals surface area contributed by atoms with E-state index >= 15 is 0 Å². The molecule has 2 rings (SSSR count). The number of methoxy groups -OCH3 is 1. The van der Waals surface area contributed by atoms with E-state index in [0.29, 0.717) is 16.9 Å². The molecular formula is C17H18O4. The molecule has 0 amide bonds. The molecular weight excluding hydrogens is 268 g/mol. The summed E-state index contributed by atoms with van der Waals surface area (Å²) in [6.45, 7) is 5.32. The van der Waals surface area contributed by atoms with Crippen LogP contribution in [0.5, 0.6) is 17.2 Å². The number of carbonyl (C=O) groups is 1. The van der Waals surface area contributed by atoms with Gasteiger partial charge in [-0.05, 0) is 49.6 Å². The normalized spacial score (nSPS) is 10.5. The van der Waals surface area contributed by atoms with E-state index in [1.165, 1.54) is 19.2 Å². The highest BCUT2D eigenvalue weighted by atomic mass is 16.5. The molecule has 110 valence electrons. The highest BCUT2D eigenvalue weighted by molar-refractivity contribution is 6.14. The van der Waals surface area contributed by atoms with Crippen LogP contribution in [0.25, 0.3) is 0 Å². The van der Waals surface area contributed by atoms with E-state index in [-0.39, 0.29) is 22.6 Å². The van der Waals surface area contributed by atoms with Crippen molar-refractivity contribution in [2.45, 2.75) is 20.8 Å². The quantitative estimate of drug-likeness (QED) is 0.850. The summed E-state index contributed by atoms with van der Waals surface area (Å²) in [5.74, 6) is -0.155. The summed E-state index contributed by atoms with van der Waals surface area (Å²) in [5.41, 5.74) is 2.53. The van der Waals surface area contributed by atoms with Gasteiger partial charge in [-0.3, -0.25) is 4.79 Å². The maximum atomic E-state index is 12.7. The van der Waals surface area contributed by atoms with E-state index in [9.17, 15) is 15.0 Å². The first kappa shape index (κ1) is 14.9. The van der Waals surface area contributed by atoms with Gasteiger partial charge in [-0.2, -0.15) is 0 Å². The monoisotopic (exact) mass is 286 g/mol. The van der Waals surface area contributed by atoms with Crippen LogP contribution in [0.4, 0.5) is 0 Å². The Kier molecular flexibility index (Phi) is 3.89. The fourth-order valence-corrected chi connectivity index (χ4v) is 2.51. The second kappa shape index (κ2) is 5.48. The van der Waals surface area contributed by atoms with Crippen molar-refractivity contribution in [3.8, 4) is 17.2 Å². The molecule has 0 heterocycles. The number of rotatable bonds is 3. The van der Waals surface area contributed by atoms with Gasteiger partial charge in [0.05, 0.1) is 18.2 Å². The van der Waals surface area contributed by atoms with Gasteiger partial charge in [0.15, 0.2) is 0 Å². The van der Waals surface area contributed by atoms with Gasteiger partial charge in [0.25, 0.3) is 0 Å². The number of aromatic hydroxyl groups is 2. The number of ketones is 1. The smallest absolute Gasteiger partial charge is 0.201 e. The number of ether oxygens (including phenoxy) is 1. The molecule has 0 bridgehead atoms. The Hall–Kier alpha value is -2.49. The molecule has 0 aliphatic rings. The third kappa shape index (κ3) is 2.70. The van der Waals surface area contributed by atoms with E-state index in [4.69, 9.17) is 4.74 Å². The fraction of sp³-hybridized carbons (Fsp3) is 0.235. The Morgan fingerprint density at radius 3 is 1.90 bits per heavy atom. The topological polar surface area (TPSA) is 66.8 Å². The predicted molar refractivity (Wildman–Crippen MR) is 80.4 cm³/mol. The number of hydrogen-bond donors (Lipinski definition) is 2. The van der Waals surface area contributed by atoms with Crippen LogP contribution in [0.15, 0.2) is 24.3 Å². The number of carbonyl (C=O) groups excluding carboxylic acids is 1. The predicted octanol–water partition coefficient (Wildman–Crippen LogP) is 3.26. The van der Waals surface area contributed by atoms with Crippen molar-refractivity contribution in [1.29, 1.82) is 0 Å². The maximum Gasteiger partial charge on any atom is 0.201 e. The zero-order valence-corrected chi connectivity index (χ0v) is 12.5. The molecule has 2 N–H and O–H groups in total. The number of phenolic OH excluding ortho intramolecular Hbond substituents is 2. The lowest BCUT2D eigenvalue weighted by atomic mass is 9.93. The van der Waals surface area contributed by atoms with E-state index in [1.54, 1.807) is 19.9 Å². The number of aryl methyl sites for hydroxylation is 3. The molecule has 0 saturated heterocycles. The summed E-state index contributed by atoms with van der Waals surface area (Å²) in [4.78, 5) is 12.7. The summed E-state index contributed by atoms with van der Waals surface area (Å²) in [7, 11) is 1.49. The molecule has 0 atom stereocenters. The van der Waals surface area contributed by atoms with Crippen molar-refractivity contribution >= 4 is 5.78 Å². The van der Waals surface area contributed by atoms with Crippen LogP contribution in [0.2, 0.25) is 0 Å². The molecule has 0 aromatic heterocycles. The Bertz CT molecular complexity index is 671. The highest BCUT2D eigenvalue weighted by Crippen LogP contribution is 2.33. The van der Waals surface area contributed by atoms with Gasteiger partial charge in [0.1, 0.15) is 17.2 Å². The Morgan fingerprint density at radius 1 is 0.905 bits per heavy atom. The van der Waals surface area contributed by atoms with Crippen molar-refractivity contribution in [1.82, 2.24) is 0 Å². The zero-order chi connectivity index (χ0) is 15.7. The maximum absolute atomic E-state index is 12.7. The number of hydrogen-bond acceptors (Lipinski definition) is 4. The average molecular weight is 286 g/mol. The van der Waals surface area contributed by atoms with Gasteiger partial charge in [-0.1, -0.05) is 6.07 Å². The summed E-state index contributed by atoms with van der Waals surface area (Å²) in [6, 6.07) is 6.42. The van der Waals surface area contributed by atoms with Crippen LogP contribution in [0.1, 0.15) is 32.6 Å². The van der Waals surface area contributed by atoms with Gasteiger partial charge in [0, 0.05) is 6.07 Å². The van der Waals surface area contributed by atoms with E-state index in [2.05, 4.69) is 0 Å². The SMILES string of the molecule is COc1cc(C)c(C(=O)c2c(C)cc(C)cc2O)c(O)c1. The lowest BCUT2D eigenvalue weighted by Crippen LogP contribution is -2.07. The first-order valence-electron chi connectivity index (χ1n) is 6.57. The van der Waals surface area contributed by atoms with Crippen molar-refractivity contribution in [2.75, 3.05) is 7.11 Å². The van der Waals surface area contributed by atoms with Crippen molar-refractivity contribution < 1.29 is 19.7 Å². The molecule has 2 aromatic carbocycles. The summed E-state index contributed by atoms with van der Waals surface area (Å²) in [5, 5.41) is 20.1.